The van der Waals surface area contributed by atoms with Gasteiger partial charge in [0.05, 0.1) is 27.7 Å². The number of likely N-dealkylation sites (tertiary alicyclic amines) is 1. The maximum absolute atomic E-state index is 13.1. The van der Waals surface area contributed by atoms with E-state index in [1.807, 2.05) is 36.4 Å². The summed E-state index contributed by atoms with van der Waals surface area (Å²) in [5.74, 6) is 1.10. The van der Waals surface area contributed by atoms with Gasteiger partial charge in [-0.1, -0.05) is 59.6 Å². The predicted molar refractivity (Wildman–Crippen MR) is 171 cm³/mol. The second-order valence-electron chi connectivity index (χ2n) is 12.1. The third-order valence-corrected chi connectivity index (χ3v) is 10.5. The van der Waals surface area contributed by atoms with Crippen LogP contribution in [-0.2, 0) is 10.2 Å². The minimum Gasteiger partial charge on any atom is -0.341 e. The summed E-state index contributed by atoms with van der Waals surface area (Å²) in [4.78, 5) is 28.7. The van der Waals surface area contributed by atoms with E-state index in [1.165, 1.54) is 5.56 Å². The van der Waals surface area contributed by atoms with E-state index in [0.29, 0.717) is 16.7 Å². The van der Waals surface area contributed by atoms with Gasteiger partial charge in [-0.15, -0.1) is 0 Å². The van der Waals surface area contributed by atoms with Crippen molar-refractivity contribution in [3.05, 3.63) is 88.4 Å². The Hall–Kier alpha value is -3.26. The van der Waals surface area contributed by atoms with Crippen LogP contribution in [-0.4, -0.2) is 65.7 Å². The molecule has 1 amide bonds. The van der Waals surface area contributed by atoms with E-state index in [0.717, 1.165) is 87.5 Å². The fourth-order valence-electron chi connectivity index (χ4n) is 7.37. The van der Waals surface area contributed by atoms with Gasteiger partial charge in [0.25, 0.3) is 0 Å². The van der Waals surface area contributed by atoms with Crippen molar-refractivity contribution >= 4 is 51.8 Å². The molecule has 3 aliphatic rings. The van der Waals surface area contributed by atoms with Gasteiger partial charge in [-0.25, -0.2) is 4.98 Å². The summed E-state index contributed by atoms with van der Waals surface area (Å²) in [5, 5.41) is 4.31. The molecule has 3 aliphatic heterocycles. The number of carbonyl (C=O) groups excluding carboxylic acids is 1. The predicted octanol–water partition coefficient (Wildman–Crippen LogP) is 6.23. The number of amides is 1. The summed E-state index contributed by atoms with van der Waals surface area (Å²) >= 11 is 12.9. The first-order valence-electron chi connectivity index (χ1n) is 14.9. The van der Waals surface area contributed by atoms with Gasteiger partial charge in [0.15, 0.2) is 0 Å². The van der Waals surface area contributed by atoms with E-state index in [-0.39, 0.29) is 11.3 Å². The number of piperidine rings is 1. The first-order chi connectivity index (χ1) is 20.5. The highest BCUT2D eigenvalue weighted by Crippen LogP contribution is 2.42. The smallest absolute Gasteiger partial charge is 0.247 e. The van der Waals surface area contributed by atoms with Gasteiger partial charge in [0, 0.05) is 37.3 Å². The number of aromatic nitrogens is 2. The number of fused-ring (bicyclic) bond motifs is 1. The first-order valence-corrected chi connectivity index (χ1v) is 15.7. The lowest BCUT2D eigenvalue weighted by Crippen LogP contribution is -2.56. The molecule has 2 N–H and O–H groups in total. The minimum absolute atomic E-state index is 0.0420. The van der Waals surface area contributed by atoms with Gasteiger partial charge in [-0.2, -0.15) is 0 Å². The van der Waals surface area contributed by atoms with E-state index in [2.05, 4.69) is 61.4 Å². The fraction of sp³-hybridized carbons (Fsp3) is 0.394. The van der Waals surface area contributed by atoms with Gasteiger partial charge < -0.3 is 25.0 Å². The molecule has 0 bridgehead atoms. The van der Waals surface area contributed by atoms with Gasteiger partial charge >= 0.3 is 0 Å². The van der Waals surface area contributed by atoms with Crippen molar-refractivity contribution in [1.29, 1.82) is 0 Å². The zero-order valence-electron chi connectivity index (χ0n) is 23.7. The molecular weight excluding hydrogens is 567 g/mol. The molecule has 3 fully saturated rings. The van der Waals surface area contributed by atoms with Crippen LogP contribution in [0.2, 0.25) is 10.0 Å². The third-order valence-electron chi connectivity index (χ3n) is 9.78. The Balaban J connectivity index is 1.04. The maximum atomic E-state index is 13.1. The lowest BCUT2D eigenvalue weighted by molar-refractivity contribution is -0.125. The molecule has 7 rings (SSSR count). The Kier molecular flexibility index (Phi) is 7.29. The van der Waals surface area contributed by atoms with Crippen molar-refractivity contribution in [3.8, 4) is 0 Å². The number of aromatic amines is 1. The minimum atomic E-state index is -0.447. The Morgan fingerprint density at radius 1 is 0.881 bits per heavy atom. The van der Waals surface area contributed by atoms with Crippen LogP contribution < -0.4 is 15.1 Å². The fourth-order valence-corrected chi connectivity index (χ4v) is 7.67. The van der Waals surface area contributed by atoms with E-state index >= 15 is 0 Å². The summed E-state index contributed by atoms with van der Waals surface area (Å²) in [6.45, 7) is 5.23. The van der Waals surface area contributed by atoms with Gasteiger partial charge in [-0.3, -0.25) is 4.79 Å². The number of H-pyrrole nitrogens is 1. The van der Waals surface area contributed by atoms with E-state index in [1.54, 1.807) is 0 Å². The molecule has 3 saturated heterocycles. The van der Waals surface area contributed by atoms with Crippen molar-refractivity contribution in [2.75, 3.05) is 49.2 Å². The van der Waals surface area contributed by atoms with Crippen LogP contribution in [0.15, 0.2) is 72.8 Å². The molecule has 7 nitrogen and oxygen atoms in total. The molecule has 3 aromatic carbocycles. The summed E-state index contributed by atoms with van der Waals surface area (Å²) in [6, 6.07) is 24.7. The van der Waals surface area contributed by atoms with Crippen molar-refractivity contribution in [1.82, 2.24) is 20.2 Å². The largest absolute Gasteiger partial charge is 0.341 e. The van der Waals surface area contributed by atoms with Crippen LogP contribution >= 0.6 is 23.2 Å². The van der Waals surface area contributed by atoms with E-state index < -0.39 is 5.54 Å². The third kappa shape index (κ3) is 4.91. The van der Waals surface area contributed by atoms with E-state index in [4.69, 9.17) is 28.2 Å². The topological polar surface area (TPSA) is 67.5 Å². The van der Waals surface area contributed by atoms with Gasteiger partial charge in [0.1, 0.15) is 5.54 Å². The van der Waals surface area contributed by atoms with Gasteiger partial charge in [0.2, 0.25) is 11.9 Å². The van der Waals surface area contributed by atoms with Crippen LogP contribution in [0.3, 0.4) is 0 Å². The second kappa shape index (κ2) is 11.1. The van der Waals surface area contributed by atoms with Crippen LogP contribution in [0.1, 0.15) is 37.7 Å². The number of anilines is 2. The average Bonchev–Trinajstić information content (AvgIpc) is 3.73. The zero-order chi connectivity index (χ0) is 28.7. The standard InChI is InChI=1S/C33H36Cl2N6O/c34-26-12-11-24(21-27(26)35)32(14-20-40(22-32)31-37-28-9-4-5-10-29(28)38-31)13-6-17-39-18-15-33(16-19-39)30(42)36-23-41(33)25-7-2-1-3-8-25/h1-5,7-12,21H,6,13-20,22-23H2,(H,36,42)(H,37,38). The highest BCUT2D eigenvalue weighted by molar-refractivity contribution is 6.42. The number of hydrogen-bond donors (Lipinski definition) is 2. The number of nitrogens with one attached hydrogen (secondary N) is 2. The zero-order valence-corrected chi connectivity index (χ0v) is 25.2. The molecule has 42 heavy (non-hydrogen) atoms. The molecule has 0 radical (unpaired) electrons. The highest BCUT2D eigenvalue weighted by Gasteiger charge is 2.50. The second-order valence-corrected chi connectivity index (χ2v) is 12.9. The van der Waals surface area contributed by atoms with Crippen LogP contribution in [0.4, 0.5) is 11.6 Å². The molecule has 1 unspecified atom stereocenters. The molecular formula is C33H36Cl2N6O. The molecule has 1 atom stereocenters. The molecule has 1 spiro atoms. The number of halogens is 2. The maximum Gasteiger partial charge on any atom is 0.247 e. The van der Waals surface area contributed by atoms with Crippen molar-refractivity contribution < 1.29 is 4.79 Å². The van der Waals surface area contributed by atoms with Crippen LogP contribution in [0.5, 0.6) is 0 Å². The van der Waals surface area contributed by atoms with Crippen molar-refractivity contribution in [3.63, 3.8) is 0 Å². The normalized spacial score (nSPS) is 22.4. The lowest BCUT2D eigenvalue weighted by Gasteiger charge is -2.43. The Labute approximate surface area is 256 Å². The highest BCUT2D eigenvalue weighted by atomic mass is 35.5. The number of benzene rings is 3. The van der Waals surface area contributed by atoms with Gasteiger partial charge in [-0.05, 0) is 80.6 Å². The number of nitrogens with zero attached hydrogens (tertiary/aromatic N) is 4. The number of carbonyl (C=O) groups is 1. The molecule has 4 heterocycles. The average molecular weight is 604 g/mol. The SMILES string of the molecule is O=C1NCN(c2ccccc2)C12CCN(CCCC1(c3ccc(Cl)c(Cl)c3)CCN(c3nc4ccccc4[nH]3)C1)CC2. The molecule has 1 aromatic heterocycles. The Bertz CT molecular complexity index is 1550. The monoisotopic (exact) mass is 602 g/mol. The molecule has 218 valence electrons. The number of para-hydroxylation sites is 3. The number of hydrogen-bond acceptors (Lipinski definition) is 5. The molecule has 0 aliphatic carbocycles. The van der Waals surface area contributed by atoms with Crippen LogP contribution in [0.25, 0.3) is 11.0 Å². The van der Waals surface area contributed by atoms with Crippen LogP contribution in [0, 0.1) is 0 Å². The number of imidazole rings is 1. The van der Waals surface area contributed by atoms with E-state index in [9.17, 15) is 4.79 Å². The summed E-state index contributed by atoms with van der Waals surface area (Å²) in [7, 11) is 0. The summed E-state index contributed by atoms with van der Waals surface area (Å²) < 4.78 is 0. The first kappa shape index (κ1) is 27.6. The molecule has 4 aromatic rings. The summed E-state index contributed by atoms with van der Waals surface area (Å²) in [5.41, 5.74) is 3.92. The van der Waals surface area contributed by atoms with Crippen molar-refractivity contribution in [2.24, 2.45) is 0 Å². The summed E-state index contributed by atoms with van der Waals surface area (Å²) in [6.07, 6.45) is 4.81. The molecule has 0 saturated carbocycles. The molecule has 9 heteroatoms. The Morgan fingerprint density at radius 3 is 2.45 bits per heavy atom. The quantitative estimate of drug-likeness (QED) is 0.262. The Morgan fingerprint density at radius 2 is 1.67 bits per heavy atom. The lowest BCUT2D eigenvalue weighted by atomic mass is 9.76. The van der Waals surface area contributed by atoms with Crippen molar-refractivity contribution in [2.45, 2.75) is 43.1 Å². The number of rotatable bonds is 7.